The molecule has 6 heteroatoms. The number of nitrogens with zero attached hydrogens (tertiary/aromatic N) is 4. The van der Waals surface area contributed by atoms with Crippen LogP contribution in [-0.4, -0.2) is 46.2 Å². The Morgan fingerprint density at radius 3 is 2.87 bits per heavy atom. The molecule has 0 bridgehead atoms. The number of rotatable bonds is 5. The molecule has 6 nitrogen and oxygen atoms in total. The van der Waals surface area contributed by atoms with Crippen LogP contribution < -0.4 is 5.32 Å². The van der Waals surface area contributed by atoms with Gasteiger partial charge in [-0.15, -0.1) is 0 Å². The van der Waals surface area contributed by atoms with Gasteiger partial charge in [0.05, 0.1) is 6.54 Å². The topological polar surface area (TPSA) is 63.1 Å². The van der Waals surface area contributed by atoms with Crippen LogP contribution in [0.2, 0.25) is 0 Å². The number of aryl methyl sites for hydroxylation is 1. The average molecular weight is 211 g/mol. The number of amides is 1. The van der Waals surface area contributed by atoms with E-state index in [2.05, 4.69) is 15.4 Å². The highest BCUT2D eigenvalue weighted by Gasteiger charge is 2.03. The molecular formula is C9H17N5O. The van der Waals surface area contributed by atoms with Crippen molar-refractivity contribution in [2.75, 3.05) is 20.6 Å². The van der Waals surface area contributed by atoms with E-state index in [0.29, 0.717) is 19.5 Å². The van der Waals surface area contributed by atoms with Gasteiger partial charge in [0.2, 0.25) is 5.91 Å². The molecule has 0 aromatic carbocycles. The summed E-state index contributed by atoms with van der Waals surface area (Å²) in [6, 6.07) is 0. The molecule has 1 aromatic rings. The first kappa shape index (κ1) is 11.6. The normalized spacial score (nSPS) is 10.3. The fraction of sp³-hybridized carbons (Fsp3) is 0.667. The largest absolute Gasteiger partial charge is 0.349 e. The summed E-state index contributed by atoms with van der Waals surface area (Å²) in [5.41, 5.74) is 0. The summed E-state index contributed by atoms with van der Waals surface area (Å²) in [7, 11) is 5.35. The van der Waals surface area contributed by atoms with E-state index in [1.807, 2.05) is 7.05 Å². The summed E-state index contributed by atoms with van der Waals surface area (Å²) in [5.74, 6) is 0.993. The van der Waals surface area contributed by atoms with Crippen LogP contribution in [0.25, 0.3) is 0 Å². The predicted octanol–water partition coefficient (Wildman–Crippen LogP) is -0.617. The third kappa shape index (κ3) is 3.67. The van der Waals surface area contributed by atoms with Gasteiger partial charge in [0.15, 0.2) is 0 Å². The van der Waals surface area contributed by atoms with E-state index < -0.39 is 0 Å². The number of hydrogen-bond donors (Lipinski definition) is 1. The van der Waals surface area contributed by atoms with Gasteiger partial charge >= 0.3 is 0 Å². The summed E-state index contributed by atoms with van der Waals surface area (Å²) < 4.78 is 1.71. The predicted molar refractivity (Wildman–Crippen MR) is 56.0 cm³/mol. The van der Waals surface area contributed by atoms with Crippen molar-refractivity contribution in [3.05, 3.63) is 12.2 Å². The molecule has 15 heavy (non-hydrogen) atoms. The quantitative estimate of drug-likeness (QED) is 0.659. The Bertz CT molecular complexity index is 320. The molecule has 0 aliphatic heterocycles. The second-order valence-corrected chi connectivity index (χ2v) is 3.51. The summed E-state index contributed by atoms with van der Waals surface area (Å²) >= 11 is 0. The number of aromatic nitrogens is 3. The molecule has 0 unspecified atom stereocenters. The molecule has 1 amide bonds. The average Bonchev–Trinajstić information content (AvgIpc) is 2.58. The van der Waals surface area contributed by atoms with Crippen LogP contribution in [0, 0.1) is 0 Å². The monoisotopic (exact) mass is 211 g/mol. The molecule has 0 saturated carbocycles. The molecule has 0 aliphatic carbocycles. The minimum Gasteiger partial charge on any atom is -0.349 e. The van der Waals surface area contributed by atoms with Crippen molar-refractivity contribution in [3.8, 4) is 0 Å². The zero-order chi connectivity index (χ0) is 11.3. The zero-order valence-electron chi connectivity index (χ0n) is 9.40. The van der Waals surface area contributed by atoms with Gasteiger partial charge < -0.3 is 10.2 Å². The molecule has 84 valence electrons. The summed E-state index contributed by atoms with van der Waals surface area (Å²) in [5, 5.41) is 7.09. The van der Waals surface area contributed by atoms with Crippen LogP contribution in [-0.2, 0) is 18.4 Å². The van der Waals surface area contributed by atoms with E-state index in [-0.39, 0.29) is 5.91 Å². The van der Waals surface area contributed by atoms with Gasteiger partial charge in [-0.25, -0.2) is 4.98 Å². The molecule has 0 spiro atoms. The molecule has 0 radical (unpaired) electrons. The molecule has 0 saturated heterocycles. The lowest BCUT2D eigenvalue weighted by Crippen LogP contribution is -2.27. The van der Waals surface area contributed by atoms with Crippen LogP contribution in [0.4, 0.5) is 0 Å². The van der Waals surface area contributed by atoms with Gasteiger partial charge in [-0.05, 0) is 0 Å². The lowest BCUT2D eigenvalue weighted by atomic mass is 10.4. The maximum Gasteiger partial charge on any atom is 0.223 e. The molecule has 1 aromatic heterocycles. The fourth-order valence-corrected chi connectivity index (χ4v) is 1.10. The highest BCUT2D eigenvalue weighted by molar-refractivity contribution is 5.75. The lowest BCUT2D eigenvalue weighted by molar-refractivity contribution is -0.128. The first-order valence-corrected chi connectivity index (χ1v) is 4.85. The van der Waals surface area contributed by atoms with Crippen LogP contribution in [0.15, 0.2) is 6.33 Å². The van der Waals surface area contributed by atoms with Gasteiger partial charge in [-0.2, -0.15) is 5.10 Å². The zero-order valence-corrected chi connectivity index (χ0v) is 9.40. The van der Waals surface area contributed by atoms with E-state index in [1.54, 1.807) is 23.7 Å². The second-order valence-electron chi connectivity index (χ2n) is 3.51. The number of hydrogen-bond acceptors (Lipinski definition) is 4. The Hall–Kier alpha value is -1.43. The lowest BCUT2D eigenvalue weighted by Gasteiger charge is -2.10. The first-order valence-electron chi connectivity index (χ1n) is 4.85. The van der Waals surface area contributed by atoms with Gasteiger partial charge in [-0.3, -0.25) is 9.48 Å². The maximum absolute atomic E-state index is 11.2. The molecule has 1 rings (SSSR count). The highest BCUT2D eigenvalue weighted by Crippen LogP contribution is 1.90. The third-order valence-corrected chi connectivity index (χ3v) is 2.10. The SMILES string of the molecule is CN(C)C(=O)CCNCc1ncnn1C. The van der Waals surface area contributed by atoms with Crippen molar-refractivity contribution in [1.82, 2.24) is 25.0 Å². The minimum absolute atomic E-state index is 0.125. The third-order valence-electron chi connectivity index (χ3n) is 2.10. The van der Waals surface area contributed by atoms with Gasteiger partial charge in [0.25, 0.3) is 0 Å². The van der Waals surface area contributed by atoms with Crippen LogP contribution >= 0.6 is 0 Å². The molecule has 0 atom stereocenters. The Kier molecular flexibility index (Phi) is 4.23. The molecule has 0 aliphatic rings. The smallest absolute Gasteiger partial charge is 0.223 e. The van der Waals surface area contributed by atoms with Crippen LogP contribution in [0.5, 0.6) is 0 Å². The summed E-state index contributed by atoms with van der Waals surface area (Å²) in [6.07, 6.45) is 2.02. The number of carbonyl (C=O) groups is 1. The van der Waals surface area contributed by atoms with Crippen molar-refractivity contribution in [2.45, 2.75) is 13.0 Å². The van der Waals surface area contributed by atoms with E-state index in [0.717, 1.165) is 5.82 Å². The van der Waals surface area contributed by atoms with Crippen molar-refractivity contribution in [2.24, 2.45) is 7.05 Å². The highest BCUT2D eigenvalue weighted by atomic mass is 16.2. The molecule has 0 fully saturated rings. The number of nitrogens with one attached hydrogen (secondary N) is 1. The van der Waals surface area contributed by atoms with E-state index in [9.17, 15) is 4.79 Å². The molecule has 1 heterocycles. The van der Waals surface area contributed by atoms with E-state index in [1.165, 1.54) is 6.33 Å². The Morgan fingerprint density at radius 2 is 2.33 bits per heavy atom. The minimum atomic E-state index is 0.125. The fourth-order valence-electron chi connectivity index (χ4n) is 1.10. The molecule has 1 N–H and O–H groups in total. The number of carbonyl (C=O) groups excluding carboxylic acids is 1. The van der Waals surface area contributed by atoms with Crippen molar-refractivity contribution in [1.29, 1.82) is 0 Å². The summed E-state index contributed by atoms with van der Waals surface area (Å²) in [4.78, 5) is 16.9. The van der Waals surface area contributed by atoms with Crippen LogP contribution in [0.3, 0.4) is 0 Å². The summed E-state index contributed by atoms with van der Waals surface area (Å²) in [6.45, 7) is 1.29. The van der Waals surface area contributed by atoms with Crippen molar-refractivity contribution < 1.29 is 4.79 Å². The van der Waals surface area contributed by atoms with Crippen LogP contribution in [0.1, 0.15) is 12.2 Å². The Morgan fingerprint density at radius 1 is 1.60 bits per heavy atom. The Labute approximate surface area is 89.3 Å². The first-order chi connectivity index (χ1) is 7.11. The second kappa shape index (κ2) is 5.45. The van der Waals surface area contributed by atoms with E-state index in [4.69, 9.17) is 0 Å². The van der Waals surface area contributed by atoms with Gasteiger partial charge in [0.1, 0.15) is 12.2 Å². The van der Waals surface area contributed by atoms with Crippen molar-refractivity contribution >= 4 is 5.91 Å². The van der Waals surface area contributed by atoms with E-state index >= 15 is 0 Å². The van der Waals surface area contributed by atoms with Gasteiger partial charge in [-0.1, -0.05) is 0 Å². The maximum atomic E-state index is 11.2. The van der Waals surface area contributed by atoms with Gasteiger partial charge in [0, 0.05) is 34.1 Å². The Balaban J connectivity index is 2.18. The standard InChI is InChI=1S/C9H17N5O/c1-13(2)9(15)4-5-10-6-8-11-7-12-14(8)3/h7,10H,4-6H2,1-3H3. The van der Waals surface area contributed by atoms with Crippen molar-refractivity contribution in [3.63, 3.8) is 0 Å². The molecular weight excluding hydrogens is 194 g/mol.